The maximum Gasteiger partial charge on any atom is 0.188 e. The maximum atomic E-state index is 12.8. The fourth-order valence-corrected chi connectivity index (χ4v) is 15.8. The molecule has 0 heterocycles. The van der Waals surface area contributed by atoms with E-state index in [0.717, 1.165) is 205 Å². The van der Waals surface area contributed by atoms with Crippen LogP contribution in [0.15, 0.2) is 278 Å². The van der Waals surface area contributed by atoms with E-state index >= 15 is 0 Å². The van der Waals surface area contributed by atoms with Crippen molar-refractivity contribution in [2.24, 2.45) is 0 Å². The molecule has 0 fully saturated rings. The van der Waals surface area contributed by atoms with Crippen LogP contribution in [0.1, 0.15) is 417 Å². The van der Waals surface area contributed by atoms with Gasteiger partial charge in [0, 0.05) is 22.3 Å². The van der Waals surface area contributed by atoms with Crippen molar-refractivity contribution in [2.75, 3.05) is 26.4 Å². The molecule has 2 aliphatic carbocycles. The normalized spacial score (nSPS) is 17.3. The first-order valence-electron chi connectivity index (χ1n) is 49.3. The largest absolute Gasteiger partial charge is 0.392 e. The zero-order chi connectivity index (χ0) is 95.0. The van der Waals surface area contributed by atoms with Gasteiger partial charge in [-0.1, -0.05) is 240 Å². The van der Waals surface area contributed by atoms with Crippen LogP contribution in [0.4, 0.5) is 0 Å². The van der Waals surface area contributed by atoms with Crippen molar-refractivity contribution in [3.63, 3.8) is 0 Å². The fourth-order valence-electron chi connectivity index (χ4n) is 15.8. The molecule has 0 aromatic heterocycles. The Morgan fingerprint density at radius 1 is 0.220 bits per heavy atom. The van der Waals surface area contributed by atoms with Gasteiger partial charge in [-0.3, -0.25) is 9.59 Å². The van der Waals surface area contributed by atoms with E-state index in [4.69, 9.17) is 0 Å². The Labute approximate surface area is 779 Å². The second kappa shape index (κ2) is 71.6. The van der Waals surface area contributed by atoms with Crippen LogP contribution in [0.3, 0.4) is 0 Å². The van der Waals surface area contributed by atoms with Crippen LogP contribution in [-0.4, -0.2) is 80.8 Å². The highest BCUT2D eigenvalue weighted by atomic mass is 16.3. The maximum absolute atomic E-state index is 12.8. The van der Waals surface area contributed by atoms with E-state index in [1.54, 1.807) is 13.8 Å². The Balaban J connectivity index is 0.00000127. The smallest absolute Gasteiger partial charge is 0.188 e. The average Bonchev–Trinajstić information content (AvgIpc) is 0.793. The van der Waals surface area contributed by atoms with Crippen molar-refractivity contribution in [3.8, 4) is 0 Å². The summed E-state index contributed by atoms with van der Waals surface area (Å²) in [5, 5.41) is 59.8. The topological polar surface area (TPSA) is 156 Å². The molecule has 2 atom stereocenters. The third-order valence-corrected chi connectivity index (χ3v) is 25.5. The third kappa shape index (κ3) is 56.9. The van der Waals surface area contributed by atoms with E-state index in [1.807, 2.05) is 6.08 Å². The zero-order valence-electron chi connectivity index (χ0n) is 85.6. The number of aliphatic hydroxyl groups is 6. The number of carbonyl (C=O) groups is 2. The van der Waals surface area contributed by atoms with Crippen molar-refractivity contribution in [2.45, 2.75) is 429 Å². The van der Waals surface area contributed by atoms with E-state index in [-0.39, 0.29) is 35.9 Å². The predicted molar refractivity (Wildman–Crippen MR) is 556 cm³/mol. The first kappa shape index (κ1) is 118. The van der Waals surface area contributed by atoms with Crippen molar-refractivity contribution >= 4 is 11.6 Å². The first-order chi connectivity index (χ1) is 60.5. The Kier molecular flexibility index (Phi) is 66.4. The van der Waals surface area contributed by atoms with Gasteiger partial charge >= 0.3 is 0 Å². The highest BCUT2D eigenvalue weighted by Gasteiger charge is 2.33. The molecule has 710 valence electrons. The highest BCUT2D eigenvalue weighted by Crippen LogP contribution is 2.34. The molecule has 2 unspecified atom stereocenters. The second-order valence-corrected chi connectivity index (χ2v) is 38.1. The monoisotopic (exact) mass is 1740 g/mol. The molecule has 0 amide bonds. The molecule has 6 N–H and O–H groups in total. The molecule has 0 saturated heterocycles. The molecule has 0 aliphatic heterocycles. The molecular weight excluding hydrogens is 1560 g/mol. The predicted octanol–water partition coefficient (Wildman–Crippen LogP) is 33.2. The van der Waals surface area contributed by atoms with Gasteiger partial charge in [0.15, 0.2) is 11.6 Å². The summed E-state index contributed by atoms with van der Waals surface area (Å²) in [7, 11) is 0. The lowest BCUT2D eigenvalue weighted by atomic mass is 9.81. The van der Waals surface area contributed by atoms with Crippen LogP contribution in [0.25, 0.3) is 0 Å². The van der Waals surface area contributed by atoms with Gasteiger partial charge < -0.3 is 30.6 Å². The van der Waals surface area contributed by atoms with Crippen LogP contribution in [0.5, 0.6) is 0 Å². The van der Waals surface area contributed by atoms with Crippen molar-refractivity contribution in [1.82, 2.24) is 0 Å². The summed E-state index contributed by atoms with van der Waals surface area (Å²) >= 11 is 0. The molecule has 0 spiro atoms. The van der Waals surface area contributed by atoms with Crippen LogP contribution in [0, 0.1) is 0 Å². The summed E-state index contributed by atoms with van der Waals surface area (Å²) < 4.78 is 0. The van der Waals surface area contributed by atoms with Crippen molar-refractivity contribution < 1.29 is 40.2 Å². The van der Waals surface area contributed by atoms with Crippen molar-refractivity contribution in [1.29, 1.82) is 0 Å². The average molecular weight is 1740 g/mol. The highest BCUT2D eigenvalue weighted by molar-refractivity contribution is 6.25. The zero-order valence-corrected chi connectivity index (χ0v) is 85.6. The number of carbonyl (C=O) groups excluding carboxylic acids is 2. The van der Waals surface area contributed by atoms with Gasteiger partial charge in [0.2, 0.25) is 0 Å². The number of aliphatic hydroxyl groups excluding tert-OH is 6. The van der Waals surface area contributed by atoms with E-state index in [1.165, 1.54) is 144 Å². The second-order valence-electron chi connectivity index (χ2n) is 38.1. The number of Topliss-reactive ketones (excluding diaryl/α,β-unsaturated/α-hetero) is 2. The molecule has 2 aliphatic rings. The molecular formula is C119H186O8. The molecule has 8 heteroatoms. The van der Waals surface area contributed by atoms with E-state index in [9.17, 15) is 40.2 Å². The first-order valence-corrected chi connectivity index (χ1v) is 49.3. The summed E-state index contributed by atoms with van der Waals surface area (Å²) in [5.41, 5.74) is 32.0. The van der Waals surface area contributed by atoms with E-state index in [0.29, 0.717) is 46.3 Å². The minimum atomic E-state index is -0.967. The lowest BCUT2D eigenvalue weighted by molar-refractivity contribution is -0.117. The molecule has 2 rings (SSSR count). The molecule has 8 nitrogen and oxygen atoms in total. The van der Waals surface area contributed by atoms with E-state index in [2.05, 4.69) is 268 Å². The summed E-state index contributed by atoms with van der Waals surface area (Å²) in [6.45, 7) is 50.9. The summed E-state index contributed by atoms with van der Waals surface area (Å²) in [6.07, 6.45) is 87.7. The van der Waals surface area contributed by atoms with Gasteiger partial charge in [0.1, 0.15) is 0 Å². The molecule has 0 saturated carbocycles. The van der Waals surface area contributed by atoms with Gasteiger partial charge in [0.25, 0.3) is 0 Å². The third-order valence-electron chi connectivity index (χ3n) is 25.5. The minimum absolute atomic E-state index is 0.0156. The van der Waals surface area contributed by atoms with Gasteiger partial charge in [0.05, 0.1) is 38.6 Å². The Morgan fingerprint density at radius 3 is 0.598 bits per heavy atom. The summed E-state index contributed by atoms with van der Waals surface area (Å²) in [6, 6.07) is 0. The molecule has 0 bridgehead atoms. The van der Waals surface area contributed by atoms with Crippen molar-refractivity contribution in [3.05, 3.63) is 278 Å². The molecule has 127 heavy (non-hydrogen) atoms. The standard InChI is InChI=1S/C60H96O4.C59H90O4/c1-13-45(2)23-14-24-46(3)25-15-26-47(4)27-16-28-48(5)29-17-30-49(6)31-18-32-50(7)33-19-34-51(8)35-20-36-52(9)37-21-38-53(10)39-22-40-54(11)41-42-56-55(12)59(63)57(43-61)58(44-62)60(56)64;1-44(2)22-13-23-45(3)24-14-25-46(4)26-15-27-47(5)28-16-29-48(6)30-17-31-49(7)32-18-33-50(8)34-19-35-51(9)36-20-37-52(10)38-21-39-53(11)40-41-55-54(12)58(62)56(42-60)57(43-61)59(55)63/h23,25,27,29,31,33,35,37,39,41,59-64H,13-22,24,26,28,30,32,34,36,38,40,42-44H2,1-12H3;22,24,26,28,30,32,34,36,38,40,60-61H,13-21,23,25,27,29,31,33,35,37,39,41-43H2,1-12H3/b45-23+,46-25+,47-27+,48-29+,49-31+,50-33+,51-35+,52-37+,53-39+,54-41+;45-24+,46-26+,47-28+,48-30+,49-32+,50-34+,51-36+,52-38+,53-40+. The molecule has 0 aromatic rings. The summed E-state index contributed by atoms with van der Waals surface area (Å²) in [4.78, 5) is 25.4. The number of allylic oxidation sites excluding steroid dienone is 42. The number of hydrogen-bond donors (Lipinski definition) is 6. The Bertz CT molecular complexity index is 4150. The SMILES string of the molecule is CC(C)=CCC/C(C)=C/CC/C(C)=C/CC/C(C)=C/CC/C(C)=C/CC/C(C)=C/CC/C(C)=C/CC/C(C)=C/CC/C(C)=C/CC/C(C)=C/CC1=C(C)C(=O)C(CO)=C(CO)C1=O.CC/C(C)=C/CC/C(C)=C/CC/C(C)=C/CC/C(C)=C/CC/C(C)=C/CC/C(C)=C/CC/C(C)=C/CC/C(C)=C/CC/C(C)=C/CC/C(C)=C/CC1=C(C)C(O)C(CO)=C(CO)C1O. The molecule has 0 aromatic carbocycles. The van der Waals surface area contributed by atoms with E-state index < -0.39 is 25.4 Å². The van der Waals surface area contributed by atoms with Gasteiger partial charge in [-0.2, -0.15) is 0 Å². The van der Waals surface area contributed by atoms with Crippen LogP contribution >= 0.6 is 0 Å². The fraction of sp³-hybridized carbons (Fsp3) is 0.580. The van der Waals surface area contributed by atoms with Gasteiger partial charge in [-0.15, -0.1) is 0 Å². The Morgan fingerprint density at radius 2 is 0.402 bits per heavy atom. The van der Waals surface area contributed by atoms with Crippen LogP contribution < -0.4 is 0 Å². The van der Waals surface area contributed by atoms with Crippen LogP contribution in [0.2, 0.25) is 0 Å². The number of ketones is 2. The Hall–Kier alpha value is -7.14. The quantitative estimate of drug-likeness (QED) is 0.0260. The lowest BCUT2D eigenvalue weighted by Crippen LogP contribution is -2.32. The van der Waals surface area contributed by atoms with Gasteiger partial charge in [-0.05, 0) is 432 Å². The van der Waals surface area contributed by atoms with Gasteiger partial charge in [-0.25, -0.2) is 0 Å². The minimum Gasteiger partial charge on any atom is -0.392 e. The summed E-state index contributed by atoms with van der Waals surface area (Å²) in [5.74, 6) is -0.678. The number of hydrogen-bond acceptors (Lipinski definition) is 8. The molecule has 0 radical (unpaired) electrons. The van der Waals surface area contributed by atoms with Crippen LogP contribution in [-0.2, 0) is 9.59 Å². The lowest BCUT2D eigenvalue weighted by Gasteiger charge is -2.31. The number of rotatable bonds is 63.